The topological polar surface area (TPSA) is 17.1 Å². The lowest BCUT2D eigenvalue weighted by atomic mass is 9.94. The van der Waals surface area contributed by atoms with Crippen molar-refractivity contribution in [1.82, 2.24) is 0 Å². The monoisotopic (exact) mass is 274 g/mol. The molecule has 0 aromatic heterocycles. The van der Waals surface area contributed by atoms with Crippen molar-refractivity contribution in [3.8, 4) is 0 Å². The van der Waals surface area contributed by atoms with Crippen molar-refractivity contribution in [2.75, 3.05) is 0 Å². The second-order valence-electron chi connectivity index (χ2n) is 6.76. The van der Waals surface area contributed by atoms with Crippen LogP contribution in [0.4, 0.5) is 0 Å². The number of carbonyl (C=O) groups excluding carboxylic acids is 1. The molecule has 2 heteroatoms. The Labute approximate surface area is 118 Å². The molecule has 0 N–H and O–H groups in total. The van der Waals surface area contributed by atoms with Crippen LogP contribution in [0.3, 0.4) is 0 Å². The van der Waals surface area contributed by atoms with Gasteiger partial charge in [-0.2, -0.15) is 0 Å². The molecule has 0 heterocycles. The zero-order chi connectivity index (χ0) is 14.7. The number of allylic oxidation sites excluding steroid dienone is 2. The molecule has 0 bridgehead atoms. The number of Topliss-reactive ketones (excluding diaryl/α,β-unsaturated/α-hetero) is 1. The van der Waals surface area contributed by atoms with E-state index in [1.807, 2.05) is 30.3 Å². The molecule has 0 fully saturated rings. The molecule has 0 saturated heterocycles. The number of rotatable bonds is 5. The Hall–Kier alpha value is -1.15. The van der Waals surface area contributed by atoms with Gasteiger partial charge in [-0.1, -0.05) is 68.5 Å². The van der Waals surface area contributed by atoms with Crippen LogP contribution in [0.15, 0.2) is 42.0 Å². The van der Waals surface area contributed by atoms with Crippen molar-refractivity contribution in [2.24, 2.45) is 0 Å². The van der Waals surface area contributed by atoms with Crippen LogP contribution in [0, 0.1) is 0 Å². The Morgan fingerprint density at radius 2 is 1.68 bits per heavy atom. The minimum absolute atomic E-state index is 0.244. The van der Waals surface area contributed by atoms with Gasteiger partial charge in [0.2, 0.25) is 0 Å². The second kappa shape index (κ2) is 5.87. The minimum atomic E-state index is -1.62. The van der Waals surface area contributed by atoms with Crippen molar-refractivity contribution in [3.05, 3.63) is 47.5 Å². The quantitative estimate of drug-likeness (QED) is 0.403. The summed E-state index contributed by atoms with van der Waals surface area (Å²) in [4.78, 5) is 12.9. The van der Waals surface area contributed by atoms with Crippen LogP contribution >= 0.6 is 0 Å². The highest BCUT2D eigenvalue weighted by molar-refractivity contribution is 6.82. The van der Waals surface area contributed by atoms with Crippen LogP contribution in [-0.4, -0.2) is 13.9 Å². The van der Waals surface area contributed by atoms with Crippen LogP contribution in [0.1, 0.15) is 37.6 Å². The zero-order valence-electron chi connectivity index (χ0n) is 13.1. The third-order valence-electron chi connectivity index (χ3n) is 4.11. The van der Waals surface area contributed by atoms with Gasteiger partial charge in [0, 0.05) is 10.6 Å². The highest BCUT2D eigenvalue weighted by Gasteiger charge is 2.44. The van der Waals surface area contributed by atoms with E-state index in [2.05, 4.69) is 46.5 Å². The Kier molecular flexibility index (Phi) is 4.91. The minimum Gasteiger partial charge on any atom is -0.294 e. The van der Waals surface area contributed by atoms with Gasteiger partial charge in [0.25, 0.3) is 0 Å². The van der Waals surface area contributed by atoms with Crippen molar-refractivity contribution >= 4 is 13.9 Å². The number of hydrogen-bond donors (Lipinski definition) is 0. The Morgan fingerprint density at radius 1 is 1.16 bits per heavy atom. The SMILES string of the molecule is CC(C)=CC[C@@](C)(C(=O)c1ccccc1)[Si](C)(C)C. The van der Waals surface area contributed by atoms with E-state index in [0.717, 1.165) is 12.0 Å². The molecule has 0 amide bonds. The maximum Gasteiger partial charge on any atom is 0.166 e. The average Bonchev–Trinajstić information content (AvgIpc) is 2.34. The fourth-order valence-electron chi connectivity index (χ4n) is 2.06. The summed E-state index contributed by atoms with van der Waals surface area (Å²) >= 11 is 0. The van der Waals surface area contributed by atoms with E-state index in [4.69, 9.17) is 0 Å². The Bertz CT molecular complexity index is 464. The lowest BCUT2D eigenvalue weighted by Gasteiger charge is -2.38. The first-order chi connectivity index (χ1) is 8.68. The fourth-order valence-corrected chi connectivity index (χ4v) is 3.60. The molecule has 0 aliphatic heterocycles. The molecule has 1 aromatic carbocycles. The highest BCUT2D eigenvalue weighted by atomic mass is 28.3. The molecule has 19 heavy (non-hydrogen) atoms. The lowest BCUT2D eigenvalue weighted by Crippen LogP contribution is -2.43. The molecule has 104 valence electrons. The first-order valence-corrected chi connectivity index (χ1v) is 10.4. The number of hydrogen-bond acceptors (Lipinski definition) is 1. The lowest BCUT2D eigenvalue weighted by molar-refractivity contribution is 0.0936. The molecular formula is C17H26OSi. The summed E-state index contributed by atoms with van der Waals surface area (Å²) in [5, 5.41) is -0.244. The van der Waals surface area contributed by atoms with Crippen LogP contribution in [0.25, 0.3) is 0 Å². The molecule has 1 atom stereocenters. The summed E-state index contributed by atoms with van der Waals surface area (Å²) in [5.41, 5.74) is 2.12. The maximum absolute atomic E-state index is 12.9. The Balaban J connectivity index is 3.18. The predicted molar refractivity (Wildman–Crippen MR) is 86.5 cm³/mol. The van der Waals surface area contributed by atoms with Crippen LogP contribution < -0.4 is 0 Å². The number of ketones is 1. The molecule has 1 rings (SSSR count). The molecule has 1 aromatic rings. The van der Waals surface area contributed by atoms with Gasteiger partial charge in [-0.3, -0.25) is 4.79 Å². The molecular weight excluding hydrogens is 248 g/mol. The van der Waals surface area contributed by atoms with Crippen molar-refractivity contribution in [2.45, 2.75) is 51.9 Å². The molecule has 0 aliphatic carbocycles. The number of carbonyl (C=O) groups is 1. The highest BCUT2D eigenvalue weighted by Crippen LogP contribution is 2.44. The predicted octanol–water partition coefficient (Wildman–Crippen LogP) is 5.32. The third kappa shape index (κ3) is 3.66. The molecule has 0 unspecified atom stereocenters. The van der Waals surface area contributed by atoms with Gasteiger partial charge in [-0.05, 0) is 20.3 Å². The molecule has 0 saturated carbocycles. The summed E-state index contributed by atoms with van der Waals surface area (Å²) in [6, 6.07) is 9.71. The zero-order valence-corrected chi connectivity index (χ0v) is 14.1. The van der Waals surface area contributed by atoms with Gasteiger partial charge >= 0.3 is 0 Å². The average molecular weight is 274 g/mol. The van der Waals surface area contributed by atoms with Crippen LogP contribution in [0.2, 0.25) is 24.7 Å². The molecule has 0 spiro atoms. The van der Waals surface area contributed by atoms with Gasteiger partial charge in [0.15, 0.2) is 5.78 Å². The Morgan fingerprint density at radius 3 is 2.11 bits per heavy atom. The van der Waals surface area contributed by atoms with E-state index in [1.54, 1.807) is 0 Å². The first-order valence-electron chi connectivity index (χ1n) is 6.92. The summed E-state index contributed by atoms with van der Waals surface area (Å²) in [5.74, 6) is 0.296. The number of benzene rings is 1. The molecule has 0 radical (unpaired) electrons. The van der Waals surface area contributed by atoms with E-state index < -0.39 is 8.07 Å². The van der Waals surface area contributed by atoms with E-state index in [-0.39, 0.29) is 5.04 Å². The van der Waals surface area contributed by atoms with Gasteiger partial charge in [0.1, 0.15) is 0 Å². The first kappa shape index (κ1) is 15.9. The standard InChI is InChI=1S/C17H26OSi/c1-14(2)12-13-17(3,19(4,5)6)16(18)15-10-8-7-9-11-15/h7-12H,13H2,1-6H3/t17-/m0/s1. The van der Waals surface area contributed by atoms with Gasteiger partial charge < -0.3 is 0 Å². The molecule has 0 aliphatic rings. The third-order valence-corrected chi connectivity index (χ3v) is 7.85. The summed E-state index contributed by atoms with van der Waals surface area (Å²) in [6.07, 6.45) is 3.05. The molecule has 1 nitrogen and oxygen atoms in total. The van der Waals surface area contributed by atoms with Gasteiger partial charge in [-0.25, -0.2) is 0 Å². The van der Waals surface area contributed by atoms with Gasteiger partial charge in [-0.15, -0.1) is 0 Å². The van der Waals surface area contributed by atoms with Gasteiger partial charge in [0.05, 0.1) is 8.07 Å². The smallest absolute Gasteiger partial charge is 0.166 e. The normalized spacial score (nSPS) is 14.6. The van der Waals surface area contributed by atoms with Crippen molar-refractivity contribution < 1.29 is 4.79 Å². The summed E-state index contributed by atoms with van der Waals surface area (Å²) < 4.78 is 0. The second-order valence-corrected chi connectivity index (χ2v) is 12.4. The largest absolute Gasteiger partial charge is 0.294 e. The summed E-state index contributed by atoms with van der Waals surface area (Å²) in [6.45, 7) is 13.2. The maximum atomic E-state index is 12.9. The fraction of sp³-hybridized carbons (Fsp3) is 0.471. The van der Waals surface area contributed by atoms with Crippen molar-refractivity contribution in [1.29, 1.82) is 0 Å². The summed E-state index contributed by atoms with van der Waals surface area (Å²) in [7, 11) is -1.62. The van der Waals surface area contributed by atoms with E-state index in [9.17, 15) is 4.79 Å². The van der Waals surface area contributed by atoms with E-state index in [0.29, 0.717) is 5.78 Å². The van der Waals surface area contributed by atoms with E-state index >= 15 is 0 Å². The van der Waals surface area contributed by atoms with Crippen molar-refractivity contribution in [3.63, 3.8) is 0 Å². The van der Waals surface area contributed by atoms with Crippen LogP contribution in [-0.2, 0) is 0 Å². The van der Waals surface area contributed by atoms with Crippen LogP contribution in [0.5, 0.6) is 0 Å². The van der Waals surface area contributed by atoms with E-state index in [1.165, 1.54) is 5.57 Å².